The molecule has 8 heteroatoms. The van der Waals surface area contributed by atoms with Crippen molar-refractivity contribution in [2.24, 2.45) is 11.3 Å². The molecule has 0 spiro atoms. The van der Waals surface area contributed by atoms with Crippen LogP contribution in [0.3, 0.4) is 0 Å². The van der Waals surface area contributed by atoms with Crippen molar-refractivity contribution < 1.29 is 18.7 Å². The van der Waals surface area contributed by atoms with Crippen molar-refractivity contribution in [2.45, 2.75) is 39.0 Å². The molecule has 4 rings (SSSR count). The number of aromatic nitrogens is 4. The fourth-order valence-electron chi connectivity index (χ4n) is 3.99. The van der Waals surface area contributed by atoms with Crippen LogP contribution < -0.4 is 0 Å². The fraction of sp³-hybridized carbons (Fsp3) is 0.400. The van der Waals surface area contributed by atoms with Crippen LogP contribution >= 0.6 is 0 Å². The van der Waals surface area contributed by atoms with E-state index < -0.39 is 17.6 Å². The van der Waals surface area contributed by atoms with Gasteiger partial charge in [0.25, 0.3) is 0 Å². The topological polar surface area (TPSA) is 91.8 Å². The minimum absolute atomic E-state index is 0.0303. The zero-order valence-electron chi connectivity index (χ0n) is 15.4. The molecule has 0 aliphatic heterocycles. The van der Waals surface area contributed by atoms with Gasteiger partial charge in [-0.05, 0) is 36.7 Å². The predicted octanol–water partition coefficient (Wildman–Crippen LogP) is 4.12. The van der Waals surface area contributed by atoms with Gasteiger partial charge in [-0.15, -0.1) is 0 Å². The molecule has 1 saturated carbocycles. The molecule has 1 atom stereocenters. The van der Waals surface area contributed by atoms with Gasteiger partial charge in [0.05, 0.1) is 18.1 Å². The second-order valence-corrected chi connectivity index (χ2v) is 7.75. The molecule has 0 unspecified atom stereocenters. The van der Waals surface area contributed by atoms with Crippen molar-refractivity contribution >= 4 is 17.0 Å². The molecular formula is C20H20F2N4O2. The highest BCUT2D eigenvalue weighted by Crippen LogP contribution is 2.49. The zero-order valence-corrected chi connectivity index (χ0v) is 15.4. The Kier molecular flexibility index (Phi) is 4.56. The van der Waals surface area contributed by atoms with E-state index in [1.165, 1.54) is 6.07 Å². The number of H-pyrrole nitrogens is 1. The summed E-state index contributed by atoms with van der Waals surface area (Å²) in [5.41, 5.74) is 1.07. The highest BCUT2D eigenvalue weighted by Gasteiger charge is 2.41. The van der Waals surface area contributed by atoms with Crippen molar-refractivity contribution in [3.63, 3.8) is 0 Å². The van der Waals surface area contributed by atoms with Crippen LogP contribution in [0.4, 0.5) is 8.78 Å². The van der Waals surface area contributed by atoms with E-state index in [1.807, 2.05) is 0 Å². The molecular weight excluding hydrogens is 366 g/mol. The summed E-state index contributed by atoms with van der Waals surface area (Å²) in [5.74, 6) is -1.91. The molecule has 1 fully saturated rings. The number of carboxylic acids is 1. The number of carboxylic acid groups (broad SMARTS) is 1. The summed E-state index contributed by atoms with van der Waals surface area (Å²) in [6, 6.07) is 1.32. The number of hydrogen-bond donors (Lipinski definition) is 2. The number of aromatic amines is 1. The van der Waals surface area contributed by atoms with Gasteiger partial charge in [0.2, 0.25) is 0 Å². The molecule has 28 heavy (non-hydrogen) atoms. The number of fused-ring (bicyclic) bond motifs is 1. The number of hydrogen-bond acceptors (Lipinski definition) is 4. The van der Waals surface area contributed by atoms with E-state index in [2.05, 4.69) is 26.9 Å². The van der Waals surface area contributed by atoms with E-state index >= 15 is 0 Å². The number of carbonyl (C=O) groups is 1. The van der Waals surface area contributed by atoms with Crippen molar-refractivity contribution in [3.05, 3.63) is 42.0 Å². The third-order valence-electron chi connectivity index (χ3n) is 5.90. The van der Waals surface area contributed by atoms with Crippen LogP contribution in [0.15, 0.2) is 24.7 Å². The summed E-state index contributed by atoms with van der Waals surface area (Å²) in [6.07, 6.45) is 6.90. The molecule has 1 aliphatic rings. The molecule has 3 heterocycles. The Morgan fingerprint density at radius 1 is 1.32 bits per heavy atom. The van der Waals surface area contributed by atoms with Gasteiger partial charge in [-0.2, -0.15) is 0 Å². The van der Waals surface area contributed by atoms with E-state index in [9.17, 15) is 18.7 Å². The summed E-state index contributed by atoms with van der Waals surface area (Å²) in [7, 11) is 0. The molecule has 2 N–H and O–H groups in total. The van der Waals surface area contributed by atoms with Crippen LogP contribution in [0.1, 0.15) is 38.3 Å². The van der Waals surface area contributed by atoms with Gasteiger partial charge in [-0.25, -0.2) is 23.7 Å². The first-order valence-corrected chi connectivity index (χ1v) is 9.22. The third kappa shape index (κ3) is 3.34. The van der Waals surface area contributed by atoms with E-state index in [0.717, 1.165) is 31.7 Å². The van der Waals surface area contributed by atoms with E-state index in [1.54, 1.807) is 6.20 Å². The molecule has 146 valence electrons. The second kappa shape index (κ2) is 6.92. The molecule has 0 radical (unpaired) electrons. The monoisotopic (exact) mass is 386 g/mol. The van der Waals surface area contributed by atoms with Gasteiger partial charge in [0.15, 0.2) is 11.6 Å². The SMILES string of the molecule is CC1([C@H](CC(=O)O)Cc2nc(-c3c[nH]c4ncc(F)cc34)ncc2F)CCC1. The first kappa shape index (κ1) is 18.5. The smallest absolute Gasteiger partial charge is 0.303 e. The van der Waals surface area contributed by atoms with Crippen LogP contribution in [-0.2, 0) is 11.2 Å². The highest BCUT2D eigenvalue weighted by atomic mass is 19.1. The van der Waals surface area contributed by atoms with Crippen LogP contribution in [-0.4, -0.2) is 31.0 Å². The van der Waals surface area contributed by atoms with Crippen molar-refractivity contribution in [1.29, 1.82) is 0 Å². The largest absolute Gasteiger partial charge is 0.481 e. The Morgan fingerprint density at radius 3 is 2.79 bits per heavy atom. The van der Waals surface area contributed by atoms with E-state index in [0.29, 0.717) is 16.6 Å². The quantitative estimate of drug-likeness (QED) is 0.665. The summed E-state index contributed by atoms with van der Waals surface area (Å²) < 4.78 is 28.0. The lowest BCUT2D eigenvalue weighted by molar-refractivity contribution is -0.140. The second-order valence-electron chi connectivity index (χ2n) is 7.75. The van der Waals surface area contributed by atoms with Gasteiger partial charge in [0, 0.05) is 23.6 Å². The maximum Gasteiger partial charge on any atom is 0.303 e. The lowest BCUT2D eigenvalue weighted by atomic mass is 9.60. The molecule has 3 aromatic heterocycles. The highest BCUT2D eigenvalue weighted by molar-refractivity contribution is 5.91. The maximum absolute atomic E-state index is 14.4. The van der Waals surface area contributed by atoms with Gasteiger partial charge in [-0.3, -0.25) is 4.79 Å². The predicted molar refractivity (Wildman–Crippen MR) is 98.4 cm³/mol. The lowest BCUT2D eigenvalue weighted by Crippen LogP contribution is -2.37. The summed E-state index contributed by atoms with van der Waals surface area (Å²) in [4.78, 5) is 26.6. The molecule has 0 amide bonds. The number of aliphatic carboxylic acids is 1. The summed E-state index contributed by atoms with van der Waals surface area (Å²) in [5, 5.41) is 9.80. The van der Waals surface area contributed by atoms with E-state index in [-0.39, 0.29) is 35.7 Å². The van der Waals surface area contributed by atoms with Crippen LogP contribution in [0, 0.1) is 23.0 Å². The third-order valence-corrected chi connectivity index (χ3v) is 5.90. The summed E-state index contributed by atoms with van der Waals surface area (Å²) >= 11 is 0. The average molecular weight is 386 g/mol. The molecule has 0 bridgehead atoms. The number of nitrogens with zero attached hydrogens (tertiary/aromatic N) is 3. The normalized spacial score (nSPS) is 16.7. The number of nitrogens with one attached hydrogen (secondary N) is 1. The number of halogens is 2. The average Bonchev–Trinajstić information content (AvgIpc) is 3.03. The number of rotatable bonds is 6. The molecule has 0 aromatic carbocycles. The Morgan fingerprint density at radius 2 is 2.11 bits per heavy atom. The first-order chi connectivity index (χ1) is 13.4. The Bertz CT molecular complexity index is 1050. The number of pyridine rings is 1. The van der Waals surface area contributed by atoms with Crippen LogP contribution in [0.2, 0.25) is 0 Å². The van der Waals surface area contributed by atoms with Gasteiger partial charge in [-0.1, -0.05) is 13.3 Å². The van der Waals surface area contributed by atoms with Gasteiger partial charge >= 0.3 is 5.97 Å². The van der Waals surface area contributed by atoms with E-state index in [4.69, 9.17) is 0 Å². The fourth-order valence-corrected chi connectivity index (χ4v) is 3.99. The minimum atomic E-state index is -0.897. The van der Waals surface area contributed by atoms with Crippen molar-refractivity contribution in [1.82, 2.24) is 19.9 Å². The van der Waals surface area contributed by atoms with Gasteiger partial charge in [0.1, 0.15) is 11.5 Å². The van der Waals surface area contributed by atoms with Crippen LogP contribution in [0.5, 0.6) is 0 Å². The maximum atomic E-state index is 14.4. The van der Waals surface area contributed by atoms with Crippen molar-refractivity contribution in [3.8, 4) is 11.4 Å². The molecule has 0 saturated heterocycles. The first-order valence-electron chi connectivity index (χ1n) is 9.22. The standard InChI is InChI=1S/C20H20F2N4O2/c1-20(3-2-4-20)11(6-17(27)28)5-16-15(22)10-25-19(26-16)14-9-24-18-13(14)7-12(21)8-23-18/h7-11H,2-6H2,1H3,(H,23,24)(H,27,28)/t11-/m0/s1. The molecule has 3 aromatic rings. The zero-order chi connectivity index (χ0) is 19.9. The van der Waals surface area contributed by atoms with Gasteiger partial charge < -0.3 is 10.1 Å². The molecule has 1 aliphatic carbocycles. The molecule has 6 nitrogen and oxygen atoms in total. The lowest BCUT2D eigenvalue weighted by Gasteiger charge is -2.44. The van der Waals surface area contributed by atoms with Crippen LogP contribution in [0.25, 0.3) is 22.4 Å². The minimum Gasteiger partial charge on any atom is -0.481 e. The summed E-state index contributed by atoms with van der Waals surface area (Å²) in [6.45, 7) is 2.05. The Balaban J connectivity index is 1.70. The van der Waals surface area contributed by atoms with Crippen molar-refractivity contribution in [2.75, 3.05) is 0 Å². The Hall–Kier alpha value is -2.90. The Labute approximate surface area is 160 Å².